The first-order valence-electron chi connectivity index (χ1n) is 7.34. The lowest BCUT2D eigenvalue weighted by molar-refractivity contribution is -0.384. The second kappa shape index (κ2) is 7.14. The van der Waals surface area contributed by atoms with E-state index in [0.29, 0.717) is 10.6 Å². The van der Waals surface area contributed by atoms with Crippen molar-refractivity contribution in [3.05, 3.63) is 75.4 Å². The molecule has 3 rings (SSSR count). The molecule has 0 spiro atoms. The maximum Gasteiger partial charge on any atom is 0.270 e. The lowest BCUT2D eigenvalue weighted by atomic mass is 10.2. The number of carbonyl (C=O) groups excluding carboxylic acids is 1. The van der Waals surface area contributed by atoms with Gasteiger partial charge < -0.3 is 4.57 Å². The summed E-state index contributed by atoms with van der Waals surface area (Å²) < 4.78 is 1.81. The van der Waals surface area contributed by atoms with Crippen LogP contribution in [0.3, 0.4) is 0 Å². The van der Waals surface area contributed by atoms with Crippen LogP contribution in [0.1, 0.15) is 5.56 Å². The summed E-state index contributed by atoms with van der Waals surface area (Å²) >= 11 is 5.97. The Balaban J connectivity index is 1.67. The van der Waals surface area contributed by atoms with Crippen molar-refractivity contribution in [2.45, 2.75) is 6.54 Å². The maximum atomic E-state index is 12.0. The van der Waals surface area contributed by atoms with Crippen molar-refractivity contribution >= 4 is 40.3 Å². The van der Waals surface area contributed by atoms with Crippen molar-refractivity contribution in [1.29, 1.82) is 0 Å². The lowest BCUT2D eigenvalue weighted by Gasteiger charge is -2.04. The molecule has 0 fully saturated rings. The van der Waals surface area contributed by atoms with Gasteiger partial charge in [0, 0.05) is 34.4 Å². The third-order valence-corrected chi connectivity index (χ3v) is 3.92. The van der Waals surface area contributed by atoms with Crippen molar-refractivity contribution < 1.29 is 9.72 Å². The van der Waals surface area contributed by atoms with Crippen LogP contribution in [0.25, 0.3) is 10.9 Å². The molecule has 0 aliphatic heterocycles. The Labute approximate surface area is 147 Å². The number of hydrogen-bond acceptors (Lipinski definition) is 4. The topological polar surface area (TPSA) is 89.5 Å². The highest BCUT2D eigenvalue weighted by atomic mass is 35.5. The van der Waals surface area contributed by atoms with Crippen molar-refractivity contribution in [2.24, 2.45) is 5.10 Å². The van der Waals surface area contributed by atoms with Gasteiger partial charge in [-0.15, -0.1) is 0 Å². The van der Waals surface area contributed by atoms with Crippen LogP contribution in [-0.4, -0.2) is 21.6 Å². The molecule has 0 saturated heterocycles. The number of nitro benzene ring substituents is 1. The van der Waals surface area contributed by atoms with Gasteiger partial charge in [-0.05, 0) is 23.6 Å². The van der Waals surface area contributed by atoms with Crippen LogP contribution in [0.2, 0.25) is 5.02 Å². The molecule has 25 heavy (non-hydrogen) atoms. The Morgan fingerprint density at radius 3 is 2.88 bits per heavy atom. The number of aromatic nitrogens is 1. The van der Waals surface area contributed by atoms with E-state index in [2.05, 4.69) is 10.5 Å². The highest BCUT2D eigenvalue weighted by Crippen LogP contribution is 2.20. The van der Waals surface area contributed by atoms with E-state index in [1.54, 1.807) is 4.57 Å². The highest BCUT2D eigenvalue weighted by Gasteiger charge is 2.09. The molecule has 0 aliphatic rings. The fourth-order valence-electron chi connectivity index (χ4n) is 2.39. The van der Waals surface area contributed by atoms with E-state index in [1.807, 2.05) is 36.5 Å². The van der Waals surface area contributed by atoms with Crippen molar-refractivity contribution in [1.82, 2.24) is 9.99 Å². The van der Waals surface area contributed by atoms with Gasteiger partial charge in [0.25, 0.3) is 11.6 Å². The Morgan fingerprint density at radius 2 is 2.08 bits per heavy atom. The quantitative estimate of drug-likeness (QED) is 0.432. The van der Waals surface area contributed by atoms with E-state index in [1.165, 1.54) is 24.4 Å². The number of nitrogens with one attached hydrogen (secondary N) is 1. The first-order valence-corrected chi connectivity index (χ1v) is 7.72. The smallest absolute Gasteiger partial charge is 0.270 e. The Morgan fingerprint density at radius 1 is 1.28 bits per heavy atom. The summed E-state index contributed by atoms with van der Waals surface area (Å²) in [6, 6.07) is 13.6. The molecule has 0 bridgehead atoms. The third-order valence-electron chi connectivity index (χ3n) is 3.58. The second-order valence-corrected chi connectivity index (χ2v) is 5.67. The minimum atomic E-state index is -0.524. The van der Waals surface area contributed by atoms with Crippen LogP contribution in [0.5, 0.6) is 0 Å². The number of nitrogens with zero attached hydrogens (tertiary/aromatic N) is 3. The molecule has 1 aromatic heterocycles. The number of halogens is 1. The Kier molecular flexibility index (Phi) is 4.76. The number of fused-ring (bicyclic) bond motifs is 1. The standard InChI is InChI=1S/C17H13ClN4O3/c18-15-6-5-14(22(24)25)9-13(15)10-19-20-17(23)11-21-8-7-12-3-1-2-4-16(12)21/h1-10H,11H2,(H,20,23)/b19-10+. The number of hydrazone groups is 1. The summed E-state index contributed by atoms with van der Waals surface area (Å²) in [6.45, 7) is 0.105. The first kappa shape index (κ1) is 16.7. The van der Waals surface area contributed by atoms with E-state index in [-0.39, 0.29) is 18.1 Å². The van der Waals surface area contributed by atoms with Gasteiger partial charge in [-0.3, -0.25) is 14.9 Å². The van der Waals surface area contributed by atoms with Crippen LogP contribution in [-0.2, 0) is 11.3 Å². The monoisotopic (exact) mass is 356 g/mol. The van der Waals surface area contributed by atoms with E-state index in [0.717, 1.165) is 10.9 Å². The summed E-state index contributed by atoms with van der Waals surface area (Å²) in [5.41, 5.74) is 3.59. The highest BCUT2D eigenvalue weighted by molar-refractivity contribution is 6.33. The number of para-hydroxylation sites is 1. The molecule has 0 atom stereocenters. The van der Waals surface area contributed by atoms with Gasteiger partial charge in [-0.25, -0.2) is 5.43 Å². The molecule has 2 aromatic carbocycles. The summed E-state index contributed by atoms with van der Waals surface area (Å²) in [6.07, 6.45) is 3.10. The SMILES string of the molecule is O=C(Cn1ccc2ccccc21)N/N=C/c1cc([N+](=O)[O-])ccc1Cl. The normalized spacial score (nSPS) is 11.1. The fourth-order valence-corrected chi connectivity index (χ4v) is 2.55. The average molecular weight is 357 g/mol. The lowest BCUT2D eigenvalue weighted by Crippen LogP contribution is -2.22. The van der Waals surface area contributed by atoms with E-state index in [9.17, 15) is 14.9 Å². The van der Waals surface area contributed by atoms with Crippen LogP contribution >= 0.6 is 11.6 Å². The Bertz CT molecular complexity index is 981. The van der Waals surface area contributed by atoms with Gasteiger partial charge in [0.2, 0.25) is 0 Å². The number of rotatable bonds is 5. The minimum Gasteiger partial charge on any atom is -0.338 e. The van der Waals surface area contributed by atoms with Gasteiger partial charge in [0.1, 0.15) is 6.54 Å². The van der Waals surface area contributed by atoms with E-state index >= 15 is 0 Å². The predicted octanol–water partition coefficient (Wildman–Crippen LogP) is 3.35. The van der Waals surface area contributed by atoms with E-state index in [4.69, 9.17) is 11.6 Å². The zero-order chi connectivity index (χ0) is 17.8. The molecule has 0 aliphatic carbocycles. The zero-order valence-corrected chi connectivity index (χ0v) is 13.7. The summed E-state index contributed by atoms with van der Waals surface area (Å²) in [7, 11) is 0. The Hall–Kier alpha value is -3.19. The first-order chi connectivity index (χ1) is 12.0. The number of non-ortho nitro benzene ring substituents is 1. The van der Waals surface area contributed by atoms with Crippen LogP contribution in [0.4, 0.5) is 5.69 Å². The largest absolute Gasteiger partial charge is 0.338 e. The van der Waals surface area contributed by atoms with Crippen molar-refractivity contribution in [2.75, 3.05) is 0 Å². The van der Waals surface area contributed by atoms with Crippen LogP contribution < -0.4 is 5.43 Å². The predicted molar refractivity (Wildman–Crippen MR) is 95.8 cm³/mol. The van der Waals surface area contributed by atoms with Crippen LogP contribution in [0, 0.1) is 10.1 Å². The fraction of sp³-hybridized carbons (Fsp3) is 0.0588. The summed E-state index contributed by atoms with van der Waals surface area (Å²) in [4.78, 5) is 22.3. The van der Waals surface area contributed by atoms with Gasteiger partial charge in [0.05, 0.1) is 11.1 Å². The van der Waals surface area contributed by atoms with Gasteiger partial charge in [-0.1, -0.05) is 29.8 Å². The molecule has 126 valence electrons. The minimum absolute atomic E-state index is 0.101. The number of nitro groups is 1. The van der Waals surface area contributed by atoms with E-state index < -0.39 is 4.92 Å². The van der Waals surface area contributed by atoms with Crippen molar-refractivity contribution in [3.63, 3.8) is 0 Å². The summed E-state index contributed by atoms with van der Waals surface area (Å²) in [5, 5.41) is 15.9. The molecule has 0 unspecified atom stereocenters. The van der Waals surface area contributed by atoms with Crippen molar-refractivity contribution in [3.8, 4) is 0 Å². The summed E-state index contributed by atoms with van der Waals surface area (Å²) in [5.74, 6) is -0.320. The molecule has 7 nitrogen and oxygen atoms in total. The van der Waals surface area contributed by atoms with Gasteiger partial charge in [-0.2, -0.15) is 5.10 Å². The number of benzene rings is 2. The molecule has 1 amide bonds. The number of hydrogen-bond donors (Lipinski definition) is 1. The number of carbonyl (C=O) groups is 1. The molecule has 0 radical (unpaired) electrons. The van der Waals surface area contributed by atoms with Crippen LogP contribution in [0.15, 0.2) is 59.8 Å². The molecular weight excluding hydrogens is 344 g/mol. The molecular formula is C17H13ClN4O3. The molecule has 0 saturated carbocycles. The average Bonchev–Trinajstić information content (AvgIpc) is 2.99. The van der Waals surface area contributed by atoms with Gasteiger partial charge >= 0.3 is 0 Å². The van der Waals surface area contributed by atoms with Gasteiger partial charge in [0.15, 0.2) is 0 Å². The maximum absolute atomic E-state index is 12.0. The second-order valence-electron chi connectivity index (χ2n) is 5.26. The number of amides is 1. The molecule has 1 heterocycles. The molecule has 3 aromatic rings. The zero-order valence-electron chi connectivity index (χ0n) is 12.9. The molecule has 8 heteroatoms. The molecule has 1 N–H and O–H groups in total. The third kappa shape index (κ3) is 3.84.